The number of rotatable bonds is 3. The SMILES string of the molecule is COC(=O)Cc1c[nH]n(C(C)C)c1=O. The average Bonchev–Trinajstić information content (AvgIpc) is 2.48. The summed E-state index contributed by atoms with van der Waals surface area (Å²) in [6, 6.07) is 0.0638. The lowest BCUT2D eigenvalue weighted by molar-refractivity contribution is -0.139. The number of esters is 1. The van der Waals surface area contributed by atoms with Gasteiger partial charge < -0.3 is 9.84 Å². The van der Waals surface area contributed by atoms with Crippen LogP contribution in [-0.2, 0) is 16.0 Å². The minimum Gasteiger partial charge on any atom is -0.469 e. The molecule has 0 saturated carbocycles. The van der Waals surface area contributed by atoms with Crippen LogP contribution in [-0.4, -0.2) is 22.9 Å². The highest BCUT2D eigenvalue weighted by atomic mass is 16.5. The third-order valence-electron chi connectivity index (χ3n) is 1.95. The van der Waals surface area contributed by atoms with Gasteiger partial charge in [0.15, 0.2) is 0 Å². The minimum atomic E-state index is -0.406. The highest BCUT2D eigenvalue weighted by molar-refractivity contribution is 5.72. The summed E-state index contributed by atoms with van der Waals surface area (Å²) < 4.78 is 5.95. The van der Waals surface area contributed by atoms with E-state index in [4.69, 9.17) is 0 Å². The Hall–Kier alpha value is -1.52. The quantitative estimate of drug-likeness (QED) is 0.718. The first-order valence-electron chi connectivity index (χ1n) is 4.42. The molecule has 1 heterocycles. The molecule has 14 heavy (non-hydrogen) atoms. The van der Waals surface area contributed by atoms with E-state index < -0.39 is 5.97 Å². The zero-order chi connectivity index (χ0) is 10.7. The van der Waals surface area contributed by atoms with Crippen molar-refractivity contribution in [1.82, 2.24) is 9.78 Å². The maximum absolute atomic E-state index is 11.6. The zero-order valence-electron chi connectivity index (χ0n) is 8.53. The molecule has 5 heteroatoms. The largest absolute Gasteiger partial charge is 0.469 e. The van der Waals surface area contributed by atoms with Crippen molar-refractivity contribution in [2.75, 3.05) is 7.11 Å². The van der Waals surface area contributed by atoms with E-state index in [-0.39, 0.29) is 18.0 Å². The molecule has 1 N–H and O–H groups in total. The number of H-pyrrole nitrogens is 1. The van der Waals surface area contributed by atoms with Gasteiger partial charge in [-0.05, 0) is 13.8 Å². The van der Waals surface area contributed by atoms with Crippen LogP contribution in [0.3, 0.4) is 0 Å². The molecule has 0 atom stereocenters. The lowest BCUT2D eigenvalue weighted by Gasteiger charge is -2.03. The highest BCUT2D eigenvalue weighted by Gasteiger charge is 2.11. The molecule has 78 valence electrons. The van der Waals surface area contributed by atoms with Crippen LogP contribution in [0.25, 0.3) is 0 Å². The van der Waals surface area contributed by atoms with Gasteiger partial charge in [-0.3, -0.25) is 14.3 Å². The van der Waals surface area contributed by atoms with Crippen molar-refractivity contribution in [3.8, 4) is 0 Å². The molecular formula is C9H14N2O3. The first kappa shape index (κ1) is 10.6. The van der Waals surface area contributed by atoms with E-state index in [2.05, 4.69) is 9.84 Å². The normalized spacial score (nSPS) is 10.6. The fraction of sp³-hybridized carbons (Fsp3) is 0.556. The van der Waals surface area contributed by atoms with E-state index in [0.717, 1.165) is 0 Å². The molecule has 0 saturated heterocycles. The second kappa shape index (κ2) is 4.13. The van der Waals surface area contributed by atoms with Crippen LogP contribution in [0.4, 0.5) is 0 Å². The predicted molar refractivity (Wildman–Crippen MR) is 51.2 cm³/mol. The molecule has 0 aliphatic rings. The zero-order valence-corrected chi connectivity index (χ0v) is 8.53. The number of aromatic nitrogens is 2. The predicted octanol–water partition coefficient (Wildman–Crippen LogP) is 0.473. The maximum Gasteiger partial charge on any atom is 0.310 e. The molecule has 1 aromatic rings. The van der Waals surface area contributed by atoms with Crippen molar-refractivity contribution in [3.05, 3.63) is 22.1 Å². The van der Waals surface area contributed by atoms with Crippen molar-refractivity contribution in [3.63, 3.8) is 0 Å². The Morgan fingerprint density at radius 1 is 1.64 bits per heavy atom. The summed E-state index contributed by atoms with van der Waals surface area (Å²) in [5, 5.41) is 2.80. The van der Waals surface area contributed by atoms with Crippen LogP contribution in [0.15, 0.2) is 11.0 Å². The molecule has 0 unspecified atom stereocenters. The number of aromatic amines is 1. The summed E-state index contributed by atoms with van der Waals surface area (Å²) in [7, 11) is 1.30. The number of ether oxygens (including phenoxy) is 1. The Morgan fingerprint density at radius 2 is 2.29 bits per heavy atom. The lowest BCUT2D eigenvalue weighted by Crippen LogP contribution is -2.22. The van der Waals surface area contributed by atoms with Gasteiger partial charge in [-0.25, -0.2) is 0 Å². The molecule has 1 aromatic heterocycles. The van der Waals surface area contributed by atoms with E-state index in [0.29, 0.717) is 5.56 Å². The van der Waals surface area contributed by atoms with Gasteiger partial charge in [0.25, 0.3) is 5.56 Å². The van der Waals surface area contributed by atoms with Crippen LogP contribution < -0.4 is 5.56 Å². The summed E-state index contributed by atoms with van der Waals surface area (Å²) in [4.78, 5) is 22.5. The molecule has 0 aromatic carbocycles. The molecule has 0 fully saturated rings. The Balaban J connectivity index is 2.91. The van der Waals surface area contributed by atoms with Crippen molar-refractivity contribution in [2.45, 2.75) is 26.3 Å². The molecule has 0 bridgehead atoms. The Labute approximate surface area is 81.7 Å². The van der Waals surface area contributed by atoms with Crippen LogP contribution >= 0.6 is 0 Å². The Bertz CT molecular complexity index is 376. The van der Waals surface area contributed by atoms with Gasteiger partial charge in [0.2, 0.25) is 0 Å². The van der Waals surface area contributed by atoms with Crippen molar-refractivity contribution >= 4 is 5.97 Å². The summed E-state index contributed by atoms with van der Waals surface area (Å²) in [6.07, 6.45) is 1.56. The third kappa shape index (κ3) is 2.04. The summed E-state index contributed by atoms with van der Waals surface area (Å²) in [6.45, 7) is 3.78. The number of hydrogen-bond donors (Lipinski definition) is 1. The van der Waals surface area contributed by atoms with Gasteiger partial charge >= 0.3 is 5.97 Å². The Kier molecular flexibility index (Phi) is 3.11. The fourth-order valence-electron chi connectivity index (χ4n) is 1.16. The molecule has 0 amide bonds. The third-order valence-corrected chi connectivity index (χ3v) is 1.95. The monoisotopic (exact) mass is 198 g/mol. The summed E-state index contributed by atoms with van der Waals surface area (Å²) in [5.41, 5.74) is 0.274. The second-order valence-electron chi connectivity index (χ2n) is 3.32. The first-order chi connectivity index (χ1) is 6.56. The van der Waals surface area contributed by atoms with E-state index in [1.54, 1.807) is 6.20 Å². The Morgan fingerprint density at radius 3 is 2.71 bits per heavy atom. The van der Waals surface area contributed by atoms with Gasteiger partial charge in [-0.15, -0.1) is 0 Å². The van der Waals surface area contributed by atoms with Crippen molar-refractivity contribution in [2.24, 2.45) is 0 Å². The number of methoxy groups -OCH3 is 1. The van der Waals surface area contributed by atoms with Crippen LogP contribution in [0.5, 0.6) is 0 Å². The smallest absolute Gasteiger partial charge is 0.310 e. The van der Waals surface area contributed by atoms with E-state index >= 15 is 0 Å². The molecule has 0 aliphatic heterocycles. The molecule has 1 rings (SSSR count). The van der Waals surface area contributed by atoms with Gasteiger partial charge in [0.1, 0.15) is 0 Å². The molecule has 0 radical (unpaired) electrons. The van der Waals surface area contributed by atoms with Crippen LogP contribution in [0.2, 0.25) is 0 Å². The summed E-state index contributed by atoms with van der Waals surface area (Å²) >= 11 is 0. The standard InChI is InChI=1S/C9H14N2O3/c1-6(2)11-9(13)7(5-10-11)4-8(12)14-3/h5-6,10H,4H2,1-3H3. The summed E-state index contributed by atoms with van der Waals surface area (Å²) in [5.74, 6) is -0.406. The molecule has 0 aliphatic carbocycles. The van der Waals surface area contributed by atoms with Crippen LogP contribution in [0.1, 0.15) is 25.5 Å². The van der Waals surface area contributed by atoms with Crippen LogP contribution in [0, 0.1) is 0 Å². The second-order valence-corrected chi connectivity index (χ2v) is 3.32. The van der Waals surface area contributed by atoms with E-state index in [1.165, 1.54) is 11.8 Å². The van der Waals surface area contributed by atoms with E-state index in [9.17, 15) is 9.59 Å². The first-order valence-corrected chi connectivity index (χ1v) is 4.42. The number of hydrogen-bond acceptors (Lipinski definition) is 3. The molecular weight excluding hydrogens is 184 g/mol. The molecule has 5 nitrogen and oxygen atoms in total. The van der Waals surface area contributed by atoms with Crippen molar-refractivity contribution in [1.29, 1.82) is 0 Å². The topological polar surface area (TPSA) is 64.1 Å². The maximum atomic E-state index is 11.6. The van der Waals surface area contributed by atoms with Gasteiger partial charge in [0, 0.05) is 17.8 Å². The number of nitrogens with one attached hydrogen (secondary N) is 1. The highest BCUT2D eigenvalue weighted by Crippen LogP contribution is 2.00. The number of carbonyl (C=O) groups excluding carboxylic acids is 1. The van der Waals surface area contributed by atoms with Gasteiger partial charge in [-0.1, -0.05) is 0 Å². The van der Waals surface area contributed by atoms with Gasteiger partial charge in [-0.2, -0.15) is 0 Å². The number of nitrogens with zero attached hydrogens (tertiary/aromatic N) is 1. The number of carbonyl (C=O) groups is 1. The minimum absolute atomic E-state index is 0.0194. The lowest BCUT2D eigenvalue weighted by atomic mass is 10.2. The van der Waals surface area contributed by atoms with Crippen molar-refractivity contribution < 1.29 is 9.53 Å². The van der Waals surface area contributed by atoms with E-state index in [1.807, 2.05) is 13.8 Å². The average molecular weight is 198 g/mol. The molecule has 0 spiro atoms. The fourth-order valence-corrected chi connectivity index (χ4v) is 1.16. The van der Waals surface area contributed by atoms with Gasteiger partial charge in [0.05, 0.1) is 13.5 Å².